The van der Waals surface area contributed by atoms with Crippen LogP contribution in [0.1, 0.15) is 16.9 Å². The van der Waals surface area contributed by atoms with Crippen molar-refractivity contribution in [3.63, 3.8) is 0 Å². The van der Waals surface area contributed by atoms with E-state index in [2.05, 4.69) is 20.4 Å². The number of piperazine rings is 1. The maximum atomic E-state index is 12.7. The van der Waals surface area contributed by atoms with Crippen molar-refractivity contribution in [3.05, 3.63) is 42.1 Å². The van der Waals surface area contributed by atoms with E-state index in [4.69, 9.17) is 0 Å². The number of hydrogen-bond donors (Lipinski definition) is 2. The zero-order valence-corrected chi connectivity index (χ0v) is 13.7. The minimum Gasteiger partial charge on any atom is -0.336 e. The Morgan fingerprint density at radius 2 is 1.92 bits per heavy atom. The van der Waals surface area contributed by atoms with Gasteiger partial charge in [-0.05, 0) is 12.5 Å². The van der Waals surface area contributed by atoms with Gasteiger partial charge in [0, 0.05) is 50.9 Å². The van der Waals surface area contributed by atoms with E-state index in [-0.39, 0.29) is 5.91 Å². The molecule has 6 nitrogen and oxygen atoms in total. The number of carbonyl (C=O) groups is 1. The van der Waals surface area contributed by atoms with Crippen LogP contribution in [-0.4, -0.2) is 71.2 Å². The molecule has 3 heterocycles. The van der Waals surface area contributed by atoms with Crippen LogP contribution in [0.2, 0.25) is 0 Å². The molecule has 1 aromatic heterocycles. The lowest BCUT2D eigenvalue weighted by molar-refractivity contribution is 0.0767. The molecular weight excluding hydrogens is 302 g/mol. The van der Waals surface area contributed by atoms with E-state index in [9.17, 15) is 4.79 Å². The molecule has 0 radical (unpaired) electrons. The molecule has 1 aromatic carbocycles. The topological polar surface area (TPSA) is 64.3 Å². The van der Waals surface area contributed by atoms with Crippen molar-refractivity contribution in [1.82, 2.24) is 25.3 Å². The number of H-pyrrole nitrogens is 1. The van der Waals surface area contributed by atoms with E-state index in [0.717, 1.165) is 56.9 Å². The van der Waals surface area contributed by atoms with Gasteiger partial charge in [-0.3, -0.25) is 14.8 Å². The first-order valence-corrected chi connectivity index (χ1v) is 8.66. The van der Waals surface area contributed by atoms with Crippen LogP contribution >= 0.6 is 0 Å². The number of amides is 1. The molecule has 1 unspecified atom stereocenters. The van der Waals surface area contributed by atoms with E-state index >= 15 is 0 Å². The largest absolute Gasteiger partial charge is 0.336 e. The average Bonchev–Trinajstić information content (AvgIpc) is 3.33. The molecular formula is C18H23N5O. The Morgan fingerprint density at radius 1 is 1.12 bits per heavy atom. The lowest BCUT2D eigenvalue weighted by atomic mass is 10.1. The van der Waals surface area contributed by atoms with Crippen LogP contribution in [0, 0.1) is 0 Å². The summed E-state index contributed by atoms with van der Waals surface area (Å²) in [7, 11) is 0. The Morgan fingerprint density at radius 3 is 2.71 bits per heavy atom. The average molecular weight is 325 g/mol. The third kappa shape index (κ3) is 3.07. The molecule has 24 heavy (non-hydrogen) atoms. The van der Waals surface area contributed by atoms with E-state index in [0.29, 0.717) is 11.7 Å². The molecule has 1 amide bonds. The predicted molar refractivity (Wildman–Crippen MR) is 92.8 cm³/mol. The number of aromatic nitrogens is 2. The highest BCUT2D eigenvalue weighted by Crippen LogP contribution is 2.21. The number of likely N-dealkylation sites (tertiary alicyclic amines) is 1. The number of nitrogens with zero attached hydrogens (tertiary/aromatic N) is 3. The van der Waals surface area contributed by atoms with Crippen LogP contribution in [0.5, 0.6) is 0 Å². The quantitative estimate of drug-likeness (QED) is 0.890. The molecule has 2 saturated heterocycles. The Bertz CT molecular complexity index is 692. The van der Waals surface area contributed by atoms with Crippen LogP contribution in [-0.2, 0) is 0 Å². The van der Waals surface area contributed by atoms with Crippen molar-refractivity contribution in [3.8, 4) is 11.3 Å². The second-order valence-corrected chi connectivity index (χ2v) is 6.51. The summed E-state index contributed by atoms with van der Waals surface area (Å²) in [6.07, 6.45) is 1.06. The summed E-state index contributed by atoms with van der Waals surface area (Å²) in [5.41, 5.74) is 2.42. The zero-order chi connectivity index (χ0) is 16.4. The Balaban J connectivity index is 1.42. The summed E-state index contributed by atoms with van der Waals surface area (Å²) in [4.78, 5) is 17.2. The van der Waals surface area contributed by atoms with E-state index in [1.165, 1.54) is 0 Å². The van der Waals surface area contributed by atoms with Crippen molar-refractivity contribution < 1.29 is 4.79 Å². The van der Waals surface area contributed by atoms with Gasteiger partial charge in [-0.2, -0.15) is 5.10 Å². The van der Waals surface area contributed by atoms with Crippen molar-refractivity contribution in [2.24, 2.45) is 0 Å². The van der Waals surface area contributed by atoms with Gasteiger partial charge in [-0.1, -0.05) is 30.3 Å². The Kier molecular flexibility index (Phi) is 4.32. The number of carbonyl (C=O) groups excluding carboxylic acids is 1. The third-order valence-corrected chi connectivity index (χ3v) is 5.00. The molecule has 2 aliphatic heterocycles. The fourth-order valence-corrected chi connectivity index (χ4v) is 3.63. The molecule has 4 rings (SSSR count). The van der Waals surface area contributed by atoms with E-state index in [1.807, 2.05) is 41.3 Å². The second kappa shape index (κ2) is 6.75. The summed E-state index contributed by atoms with van der Waals surface area (Å²) in [6, 6.07) is 12.3. The van der Waals surface area contributed by atoms with Crippen molar-refractivity contribution in [1.29, 1.82) is 0 Å². The predicted octanol–water partition coefficient (Wildman–Crippen LogP) is 1.20. The second-order valence-electron chi connectivity index (χ2n) is 6.51. The smallest absolute Gasteiger partial charge is 0.271 e. The maximum Gasteiger partial charge on any atom is 0.271 e. The van der Waals surface area contributed by atoms with Gasteiger partial charge in [-0.25, -0.2) is 0 Å². The summed E-state index contributed by atoms with van der Waals surface area (Å²) in [5.74, 6) is 0.0577. The molecule has 6 heteroatoms. The summed E-state index contributed by atoms with van der Waals surface area (Å²) in [6.45, 7) is 5.90. The summed E-state index contributed by atoms with van der Waals surface area (Å²) < 4.78 is 0. The first-order valence-electron chi connectivity index (χ1n) is 8.66. The molecule has 0 saturated carbocycles. The fourth-order valence-electron chi connectivity index (χ4n) is 3.63. The molecule has 126 valence electrons. The van der Waals surface area contributed by atoms with Crippen LogP contribution in [0.15, 0.2) is 36.4 Å². The SMILES string of the molecule is O=C(c1cc(-c2ccccc2)n[nH]1)N1CCC(N2CCNCC2)C1. The van der Waals surface area contributed by atoms with Crippen LogP contribution in [0.3, 0.4) is 0 Å². The van der Waals surface area contributed by atoms with Gasteiger partial charge in [0.2, 0.25) is 0 Å². The first-order chi connectivity index (χ1) is 11.8. The molecule has 2 fully saturated rings. The van der Waals surface area contributed by atoms with E-state index < -0.39 is 0 Å². The van der Waals surface area contributed by atoms with Gasteiger partial charge in [0.25, 0.3) is 5.91 Å². The number of rotatable bonds is 3. The molecule has 2 aromatic rings. The normalized spacial score (nSPS) is 22.0. The maximum absolute atomic E-state index is 12.7. The molecule has 0 bridgehead atoms. The minimum atomic E-state index is 0.0577. The van der Waals surface area contributed by atoms with Gasteiger partial charge in [0.05, 0.1) is 5.69 Å². The molecule has 0 aliphatic carbocycles. The Hall–Kier alpha value is -2.18. The fraction of sp³-hybridized carbons (Fsp3) is 0.444. The highest BCUT2D eigenvalue weighted by molar-refractivity contribution is 5.93. The first kappa shape index (κ1) is 15.4. The van der Waals surface area contributed by atoms with Gasteiger partial charge in [0.15, 0.2) is 0 Å². The van der Waals surface area contributed by atoms with Gasteiger partial charge >= 0.3 is 0 Å². The van der Waals surface area contributed by atoms with Crippen molar-refractivity contribution in [2.45, 2.75) is 12.5 Å². The lowest BCUT2D eigenvalue weighted by Gasteiger charge is -2.32. The van der Waals surface area contributed by atoms with Crippen LogP contribution < -0.4 is 5.32 Å². The molecule has 0 spiro atoms. The van der Waals surface area contributed by atoms with Gasteiger partial charge in [0.1, 0.15) is 5.69 Å². The lowest BCUT2D eigenvalue weighted by Crippen LogP contribution is -2.49. The van der Waals surface area contributed by atoms with E-state index in [1.54, 1.807) is 0 Å². The van der Waals surface area contributed by atoms with Crippen molar-refractivity contribution >= 4 is 5.91 Å². The van der Waals surface area contributed by atoms with Gasteiger partial charge < -0.3 is 10.2 Å². The number of benzene rings is 1. The van der Waals surface area contributed by atoms with Crippen molar-refractivity contribution in [2.75, 3.05) is 39.3 Å². The monoisotopic (exact) mass is 325 g/mol. The molecule has 2 N–H and O–H groups in total. The minimum absolute atomic E-state index is 0.0577. The van der Waals surface area contributed by atoms with Crippen LogP contribution in [0.4, 0.5) is 0 Å². The number of nitrogens with one attached hydrogen (secondary N) is 2. The van der Waals surface area contributed by atoms with Crippen LogP contribution in [0.25, 0.3) is 11.3 Å². The number of aromatic amines is 1. The molecule has 1 atom stereocenters. The standard InChI is InChI=1S/C18H23N5O/c24-18(17-12-16(20-21-17)14-4-2-1-3-5-14)23-9-6-15(13-23)22-10-7-19-8-11-22/h1-5,12,15,19H,6-11,13H2,(H,20,21). The number of hydrogen-bond acceptors (Lipinski definition) is 4. The van der Waals surface area contributed by atoms with Gasteiger partial charge in [-0.15, -0.1) is 0 Å². The highest BCUT2D eigenvalue weighted by Gasteiger charge is 2.31. The zero-order valence-electron chi connectivity index (χ0n) is 13.7. The Labute approximate surface area is 141 Å². The third-order valence-electron chi connectivity index (χ3n) is 5.00. The molecule has 2 aliphatic rings. The highest BCUT2D eigenvalue weighted by atomic mass is 16.2. The summed E-state index contributed by atoms with van der Waals surface area (Å²) in [5, 5.41) is 10.6. The summed E-state index contributed by atoms with van der Waals surface area (Å²) >= 11 is 0.